The molecule has 22 heavy (non-hydrogen) atoms. The molecule has 0 aliphatic carbocycles. The van der Waals surface area contributed by atoms with Gasteiger partial charge in [-0.2, -0.15) is 0 Å². The maximum Gasteiger partial charge on any atom is 0.153 e. The van der Waals surface area contributed by atoms with Gasteiger partial charge < -0.3 is 9.47 Å². The van der Waals surface area contributed by atoms with Crippen LogP contribution in [0, 0.1) is 0 Å². The summed E-state index contributed by atoms with van der Waals surface area (Å²) in [6.07, 6.45) is 1.38. The van der Waals surface area contributed by atoms with Crippen LogP contribution in [0.15, 0.2) is 36.4 Å². The summed E-state index contributed by atoms with van der Waals surface area (Å²) in [5.41, 5.74) is 0.807. The SMILES string of the molecule is O=Cc1ccc(Cl)cc1OCCOc1cc(Cl)ccc1C=O. The van der Waals surface area contributed by atoms with E-state index in [0.29, 0.717) is 45.2 Å². The fourth-order valence-electron chi connectivity index (χ4n) is 1.76. The van der Waals surface area contributed by atoms with E-state index in [-0.39, 0.29) is 13.2 Å². The van der Waals surface area contributed by atoms with Crippen molar-refractivity contribution in [3.05, 3.63) is 57.6 Å². The number of carbonyl (C=O) groups is 2. The average molecular weight is 339 g/mol. The zero-order chi connectivity index (χ0) is 15.9. The topological polar surface area (TPSA) is 52.6 Å². The van der Waals surface area contributed by atoms with Crippen LogP contribution in [0.3, 0.4) is 0 Å². The number of carbonyl (C=O) groups excluding carboxylic acids is 2. The van der Waals surface area contributed by atoms with Gasteiger partial charge in [-0.25, -0.2) is 0 Å². The normalized spacial score (nSPS) is 10.1. The number of hydrogen-bond acceptors (Lipinski definition) is 4. The molecule has 2 rings (SSSR count). The Labute approximate surface area is 137 Å². The van der Waals surface area contributed by atoms with Crippen molar-refractivity contribution in [3.63, 3.8) is 0 Å². The van der Waals surface area contributed by atoms with Gasteiger partial charge in [-0.3, -0.25) is 9.59 Å². The van der Waals surface area contributed by atoms with E-state index in [1.54, 1.807) is 36.4 Å². The van der Waals surface area contributed by atoms with Crippen molar-refractivity contribution in [3.8, 4) is 11.5 Å². The van der Waals surface area contributed by atoms with Gasteiger partial charge >= 0.3 is 0 Å². The fourth-order valence-corrected chi connectivity index (χ4v) is 2.09. The van der Waals surface area contributed by atoms with Gasteiger partial charge in [0.1, 0.15) is 24.7 Å². The first-order chi connectivity index (χ1) is 10.6. The quantitative estimate of drug-likeness (QED) is 0.563. The maximum atomic E-state index is 10.9. The average Bonchev–Trinajstić information content (AvgIpc) is 2.52. The molecule has 0 spiro atoms. The summed E-state index contributed by atoms with van der Waals surface area (Å²) < 4.78 is 10.9. The molecule has 2 aromatic rings. The Hall–Kier alpha value is -2.04. The highest BCUT2D eigenvalue weighted by atomic mass is 35.5. The van der Waals surface area contributed by atoms with Crippen LogP contribution in [-0.4, -0.2) is 25.8 Å². The zero-order valence-corrected chi connectivity index (χ0v) is 12.9. The van der Waals surface area contributed by atoms with Gasteiger partial charge in [0, 0.05) is 10.0 Å². The Morgan fingerprint density at radius 3 is 1.55 bits per heavy atom. The highest BCUT2D eigenvalue weighted by Gasteiger charge is 2.06. The molecule has 2 aromatic carbocycles. The van der Waals surface area contributed by atoms with Crippen LogP contribution in [-0.2, 0) is 0 Å². The Bertz CT molecular complexity index is 626. The van der Waals surface area contributed by atoms with Crippen LogP contribution in [0.4, 0.5) is 0 Å². The van der Waals surface area contributed by atoms with Crippen LogP contribution in [0.5, 0.6) is 11.5 Å². The standard InChI is InChI=1S/C16H12Cl2O4/c17-13-3-1-11(9-19)15(7-13)21-5-6-22-16-8-14(18)4-2-12(16)10-20/h1-4,7-10H,5-6H2. The lowest BCUT2D eigenvalue weighted by Crippen LogP contribution is -2.10. The Balaban J connectivity index is 1.95. The minimum Gasteiger partial charge on any atom is -0.489 e. The molecular formula is C16H12Cl2O4. The molecule has 0 aromatic heterocycles. The number of rotatable bonds is 7. The highest BCUT2D eigenvalue weighted by Crippen LogP contribution is 2.23. The number of aldehydes is 2. The molecule has 114 valence electrons. The van der Waals surface area contributed by atoms with Crippen molar-refractivity contribution in [2.45, 2.75) is 0 Å². The molecule has 0 aliphatic heterocycles. The molecule has 4 nitrogen and oxygen atoms in total. The summed E-state index contributed by atoms with van der Waals surface area (Å²) in [6.45, 7) is 0.373. The Kier molecular flexibility index (Phi) is 5.81. The van der Waals surface area contributed by atoms with Crippen LogP contribution in [0.1, 0.15) is 20.7 Å². The Morgan fingerprint density at radius 1 is 0.773 bits per heavy atom. The third kappa shape index (κ3) is 4.23. The largest absolute Gasteiger partial charge is 0.489 e. The van der Waals surface area contributed by atoms with E-state index in [4.69, 9.17) is 32.7 Å². The van der Waals surface area contributed by atoms with E-state index in [2.05, 4.69) is 0 Å². The molecule has 0 bridgehead atoms. The third-order valence-electron chi connectivity index (χ3n) is 2.80. The van der Waals surface area contributed by atoms with Gasteiger partial charge in [-0.1, -0.05) is 23.2 Å². The first-order valence-corrected chi connectivity index (χ1v) is 7.14. The number of halogens is 2. The van der Waals surface area contributed by atoms with Gasteiger partial charge in [-0.05, 0) is 36.4 Å². The number of ether oxygens (including phenoxy) is 2. The maximum absolute atomic E-state index is 10.9. The monoisotopic (exact) mass is 338 g/mol. The summed E-state index contributed by atoms with van der Waals surface area (Å²) >= 11 is 11.7. The molecule has 0 fully saturated rings. The number of hydrogen-bond donors (Lipinski definition) is 0. The molecule has 6 heteroatoms. The first kappa shape index (κ1) is 16.3. The lowest BCUT2D eigenvalue weighted by Gasteiger charge is -2.11. The molecule has 0 heterocycles. The first-order valence-electron chi connectivity index (χ1n) is 6.39. The van der Waals surface area contributed by atoms with E-state index < -0.39 is 0 Å². The summed E-state index contributed by atoms with van der Waals surface area (Å²) in [5, 5.41) is 0.944. The van der Waals surface area contributed by atoms with Crippen molar-refractivity contribution < 1.29 is 19.1 Å². The van der Waals surface area contributed by atoms with Crippen molar-refractivity contribution in [2.24, 2.45) is 0 Å². The number of benzene rings is 2. The molecule has 0 atom stereocenters. The minimum absolute atomic E-state index is 0.187. The van der Waals surface area contributed by atoms with E-state index in [1.165, 1.54) is 0 Å². The Morgan fingerprint density at radius 2 is 1.18 bits per heavy atom. The van der Waals surface area contributed by atoms with Crippen LogP contribution in [0.2, 0.25) is 10.0 Å². The summed E-state index contributed by atoms with van der Waals surface area (Å²) in [7, 11) is 0. The van der Waals surface area contributed by atoms with Gasteiger partial charge in [0.2, 0.25) is 0 Å². The smallest absolute Gasteiger partial charge is 0.153 e. The lowest BCUT2D eigenvalue weighted by molar-refractivity contribution is 0.110. The van der Waals surface area contributed by atoms with Crippen molar-refractivity contribution in [1.29, 1.82) is 0 Å². The van der Waals surface area contributed by atoms with Crippen molar-refractivity contribution >= 4 is 35.8 Å². The van der Waals surface area contributed by atoms with Gasteiger partial charge in [0.05, 0.1) is 11.1 Å². The second-order valence-electron chi connectivity index (χ2n) is 4.30. The summed E-state index contributed by atoms with van der Waals surface area (Å²) in [4.78, 5) is 21.8. The molecule has 0 N–H and O–H groups in total. The van der Waals surface area contributed by atoms with Crippen LogP contribution < -0.4 is 9.47 Å². The van der Waals surface area contributed by atoms with Crippen molar-refractivity contribution in [1.82, 2.24) is 0 Å². The van der Waals surface area contributed by atoms with Crippen LogP contribution in [0.25, 0.3) is 0 Å². The molecular weight excluding hydrogens is 327 g/mol. The fraction of sp³-hybridized carbons (Fsp3) is 0.125. The van der Waals surface area contributed by atoms with Gasteiger partial charge in [0.15, 0.2) is 12.6 Å². The predicted octanol–water partition coefficient (Wildman–Crippen LogP) is 4.08. The molecule has 0 radical (unpaired) electrons. The molecule has 0 unspecified atom stereocenters. The minimum atomic E-state index is 0.187. The highest BCUT2D eigenvalue weighted by molar-refractivity contribution is 6.31. The second kappa shape index (κ2) is 7.82. The molecule has 0 saturated heterocycles. The molecule has 0 aliphatic rings. The summed E-state index contributed by atoms with van der Waals surface area (Å²) in [6, 6.07) is 9.48. The zero-order valence-electron chi connectivity index (χ0n) is 11.4. The van der Waals surface area contributed by atoms with E-state index in [0.717, 1.165) is 0 Å². The second-order valence-corrected chi connectivity index (χ2v) is 5.17. The van der Waals surface area contributed by atoms with Gasteiger partial charge in [-0.15, -0.1) is 0 Å². The van der Waals surface area contributed by atoms with E-state index >= 15 is 0 Å². The third-order valence-corrected chi connectivity index (χ3v) is 3.27. The summed E-state index contributed by atoms with van der Waals surface area (Å²) in [5.74, 6) is 0.764. The predicted molar refractivity (Wildman–Crippen MR) is 84.7 cm³/mol. The lowest BCUT2D eigenvalue weighted by atomic mass is 10.2. The molecule has 0 amide bonds. The van der Waals surface area contributed by atoms with Gasteiger partial charge in [0.25, 0.3) is 0 Å². The van der Waals surface area contributed by atoms with E-state index in [9.17, 15) is 9.59 Å². The van der Waals surface area contributed by atoms with Crippen molar-refractivity contribution in [2.75, 3.05) is 13.2 Å². The molecule has 0 saturated carbocycles. The van der Waals surface area contributed by atoms with Crippen LogP contribution >= 0.6 is 23.2 Å². The van der Waals surface area contributed by atoms with E-state index in [1.807, 2.05) is 0 Å².